The molecule has 138 valence electrons. The number of hydrogen-bond donors (Lipinski definition) is 2. The van der Waals surface area contributed by atoms with Crippen molar-refractivity contribution in [1.82, 2.24) is 10.2 Å². The Balaban J connectivity index is 0.00000225. The summed E-state index contributed by atoms with van der Waals surface area (Å²) in [4.78, 5) is 18.2. The second-order valence-corrected chi connectivity index (χ2v) is 6.93. The number of hydrogen-bond acceptors (Lipinski definition) is 2. The molecule has 1 heterocycles. The van der Waals surface area contributed by atoms with Gasteiger partial charge in [0.15, 0.2) is 5.96 Å². The lowest BCUT2D eigenvalue weighted by Gasteiger charge is -2.35. The Morgan fingerprint density at radius 1 is 1.36 bits per heavy atom. The lowest BCUT2D eigenvalue weighted by atomic mass is 9.95. The standard InChI is InChI=1S/C19H28N4O.HI/c1-2-21-19(23-10-6-7-14(13-23)11-18(20)24)22-17-12-16(17)15-8-4-3-5-9-15;/h3-5,8-9,14,16-17H,2,6-7,10-13H2,1H3,(H2,20,24)(H,21,22);1H. The van der Waals surface area contributed by atoms with E-state index in [4.69, 9.17) is 5.73 Å². The van der Waals surface area contributed by atoms with Crippen LogP contribution in [0, 0.1) is 5.92 Å². The number of primary amides is 1. The molecule has 1 aliphatic heterocycles. The molecule has 1 aromatic carbocycles. The van der Waals surface area contributed by atoms with Crippen LogP contribution in [-0.2, 0) is 4.79 Å². The van der Waals surface area contributed by atoms with Crippen LogP contribution in [-0.4, -0.2) is 42.4 Å². The fourth-order valence-electron chi connectivity index (χ4n) is 3.68. The van der Waals surface area contributed by atoms with E-state index in [0.717, 1.165) is 44.9 Å². The minimum Gasteiger partial charge on any atom is -0.370 e. The van der Waals surface area contributed by atoms with Gasteiger partial charge in [0.2, 0.25) is 5.91 Å². The Bertz CT molecular complexity index is 592. The molecule has 2 aliphatic rings. The number of carbonyl (C=O) groups is 1. The first kappa shape index (κ1) is 20.0. The van der Waals surface area contributed by atoms with E-state index in [2.05, 4.69) is 52.5 Å². The van der Waals surface area contributed by atoms with Crippen LogP contribution in [0.2, 0.25) is 0 Å². The molecule has 2 fully saturated rings. The fraction of sp³-hybridized carbons (Fsp3) is 0.579. The van der Waals surface area contributed by atoms with Gasteiger partial charge in [0, 0.05) is 38.0 Å². The van der Waals surface area contributed by atoms with Gasteiger partial charge in [-0.3, -0.25) is 9.79 Å². The Morgan fingerprint density at radius 2 is 2.12 bits per heavy atom. The van der Waals surface area contributed by atoms with Crippen LogP contribution in [0.3, 0.4) is 0 Å². The van der Waals surface area contributed by atoms with Crippen LogP contribution < -0.4 is 11.1 Å². The van der Waals surface area contributed by atoms with Gasteiger partial charge in [0.25, 0.3) is 0 Å². The van der Waals surface area contributed by atoms with Gasteiger partial charge in [-0.25, -0.2) is 0 Å². The minimum absolute atomic E-state index is 0. The zero-order valence-electron chi connectivity index (χ0n) is 14.9. The number of nitrogens with one attached hydrogen (secondary N) is 1. The molecule has 1 aliphatic carbocycles. The Labute approximate surface area is 167 Å². The van der Waals surface area contributed by atoms with E-state index in [0.29, 0.717) is 24.3 Å². The number of likely N-dealkylation sites (tertiary alicyclic amines) is 1. The summed E-state index contributed by atoms with van der Waals surface area (Å²) in [5.41, 5.74) is 6.77. The monoisotopic (exact) mass is 456 g/mol. The Hall–Kier alpha value is -1.31. The van der Waals surface area contributed by atoms with Gasteiger partial charge in [-0.05, 0) is 37.7 Å². The van der Waals surface area contributed by atoms with E-state index in [-0.39, 0.29) is 29.9 Å². The Kier molecular flexibility index (Phi) is 7.53. The number of amides is 1. The van der Waals surface area contributed by atoms with Crippen LogP contribution >= 0.6 is 24.0 Å². The van der Waals surface area contributed by atoms with E-state index in [9.17, 15) is 4.79 Å². The first-order chi connectivity index (χ1) is 11.7. The van der Waals surface area contributed by atoms with Gasteiger partial charge in [0.1, 0.15) is 0 Å². The number of guanidine groups is 1. The lowest BCUT2D eigenvalue weighted by molar-refractivity contribution is -0.119. The number of carbonyl (C=O) groups excluding carboxylic acids is 1. The summed E-state index contributed by atoms with van der Waals surface area (Å²) in [6.07, 6.45) is 3.81. The second-order valence-electron chi connectivity index (χ2n) is 6.93. The minimum atomic E-state index is -0.199. The molecule has 1 amide bonds. The number of aliphatic imine (C=N–C) groups is 1. The Morgan fingerprint density at radius 3 is 2.80 bits per heavy atom. The summed E-state index contributed by atoms with van der Waals surface area (Å²) in [5, 5.41) is 3.64. The van der Waals surface area contributed by atoms with Crippen molar-refractivity contribution in [3.8, 4) is 0 Å². The first-order valence-corrected chi connectivity index (χ1v) is 9.06. The number of rotatable bonds is 5. The van der Waals surface area contributed by atoms with E-state index in [1.807, 2.05) is 0 Å². The number of halogens is 1. The molecule has 0 aromatic heterocycles. The quantitative estimate of drug-likeness (QED) is 0.407. The molecule has 1 saturated carbocycles. The van der Waals surface area contributed by atoms with Crippen LogP contribution in [0.25, 0.3) is 0 Å². The summed E-state index contributed by atoms with van der Waals surface area (Å²) in [6, 6.07) is 11.1. The smallest absolute Gasteiger partial charge is 0.217 e. The zero-order valence-corrected chi connectivity index (χ0v) is 17.2. The van der Waals surface area contributed by atoms with Crippen LogP contribution in [0.15, 0.2) is 35.3 Å². The van der Waals surface area contributed by atoms with Crippen LogP contribution in [0.1, 0.15) is 44.1 Å². The maximum atomic E-state index is 11.2. The van der Waals surface area contributed by atoms with E-state index < -0.39 is 0 Å². The van der Waals surface area contributed by atoms with Crippen LogP contribution in [0.4, 0.5) is 0 Å². The molecule has 25 heavy (non-hydrogen) atoms. The highest BCUT2D eigenvalue weighted by molar-refractivity contribution is 14.0. The van der Waals surface area contributed by atoms with Gasteiger partial charge in [-0.1, -0.05) is 30.3 Å². The molecule has 0 bridgehead atoms. The summed E-state index contributed by atoms with van der Waals surface area (Å²) in [7, 11) is 0. The highest BCUT2D eigenvalue weighted by atomic mass is 127. The maximum Gasteiger partial charge on any atom is 0.217 e. The third-order valence-corrected chi connectivity index (χ3v) is 4.95. The average Bonchev–Trinajstić information content (AvgIpc) is 3.34. The second kappa shape index (κ2) is 9.40. The summed E-state index contributed by atoms with van der Waals surface area (Å²) >= 11 is 0. The molecular formula is C19H29IN4O. The zero-order chi connectivity index (χ0) is 16.9. The molecule has 0 radical (unpaired) electrons. The SMILES string of the molecule is CCN=C(NC1CC1c1ccccc1)N1CCCC(CC(N)=O)C1.I. The van der Waals surface area contributed by atoms with Crippen molar-refractivity contribution in [1.29, 1.82) is 0 Å². The van der Waals surface area contributed by atoms with Gasteiger partial charge >= 0.3 is 0 Å². The number of benzene rings is 1. The molecule has 3 atom stereocenters. The molecule has 5 nitrogen and oxygen atoms in total. The topological polar surface area (TPSA) is 70.7 Å². The molecule has 1 aromatic rings. The van der Waals surface area contributed by atoms with Crippen molar-refractivity contribution >= 4 is 35.8 Å². The van der Waals surface area contributed by atoms with Crippen LogP contribution in [0.5, 0.6) is 0 Å². The van der Waals surface area contributed by atoms with E-state index in [1.165, 1.54) is 5.56 Å². The summed E-state index contributed by atoms with van der Waals surface area (Å²) in [6.45, 7) is 4.71. The van der Waals surface area contributed by atoms with Gasteiger partial charge in [0.05, 0.1) is 0 Å². The maximum absolute atomic E-state index is 11.2. The molecule has 0 spiro atoms. The number of nitrogens with two attached hydrogens (primary N) is 1. The molecular weight excluding hydrogens is 427 g/mol. The molecule has 6 heteroatoms. The first-order valence-electron chi connectivity index (χ1n) is 9.06. The number of piperidine rings is 1. The van der Waals surface area contributed by atoms with Gasteiger partial charge < -0.3 is 16.0 Å². The van der Waals surface area contributed by atoms with Crippen molar-refractivity contribution in [2.45, 2.75) is 44.6 Å². The predicted molar refractivity (Wildman–Crippen MR) is 112 cm³/mol. The van der Waals surface area contributed by atoms with E-state index in [1.54, 1.807) is 0 Å². The normalized spacial score (nSPS) is 25.9. The lowest BCUT2D eigenvalue weighted by Crippen LogP contribution is -2.48. The molecule has 3 N–H and O–H groups in total. The third kappa shape index (κ3) is 5.59. The molecule has 3 rings (SSSR count). The highest BCUT2D eigenvalue weighted by Crippen LogP contribution is 2.40. The van der Waals surface area contributed by atoms with Crippen molar-refractivity contribution < 1.29 is 4.79 Å². The van der Waals surface area contributed by atoms with Crippen molar-refractivity contribution in [3.05, 3.63) is 35.9 Å². The number of nitrogens with zero attached hydrogens (tertiary/aromatic N) is 2. The van der Waals surface area contributed by atoms with E-state index >= 15 is 0 Å². The predicted octanol–water partition coefficient (Wildman–Crippen LogP) is 2.71. The summed E-state index contributed by atoms with van der Waals surface area (Å²) < 4.78 is 0. The van der Waals surface area contributed by atoms with Crippen molar-refractivity contribution in [2.75, 3.05) is 19.6 Å². The highest BCUT2D eigenvalue weighted by Gasteiger charge is 2.39. The average molecular weight is 456 g/mol. The molecule has 1 saturated heterocycles. The fourth-order valence-corrected chi connectivity index (χ4v) is 3.68. The third-order valence-electron chi connectivity index (χ3n) is 4.95. The van der Waals surface area contributed by atoms with Gasteiger partial charge in [-0.15, -0.1) is 24.0 Å². The molecule has 3 unspecified atom stereocenters. The van der Waals surface area contributed by atoms with Crippen molar-refractivity contribution in [3.63, 3.8) is 0 Å². The van der Waals surface area contributed by atoms with Gasteiger partial charge in [-0.2, -0.15) is 0 Å². The van der Waals surface area contributed by atoms with Crippen molar-refractivity contribution in [2.24, 2.45) is 16.6 Å². The largest absolute Gasteiger partial charge is 0.370 e. The summed E-state index contributed by atoms with van der Waals surface area (Å²) in [5.74, 6) is 1.73.